The molecule has 0 radical (unpaired) electrons. The number of esters is 1. The predicted octanol–water partition coefficient (Wildman–Crippen LogP) is 1.82. The first-order valence-electron chi connectivity index (χ1n) is 6.45. The smallest absolute Gasteiger partial charge is 0.309 e. The third-order valence-electron chi connectivity index (χ3n) is 3.50. The number of hydrogen-bond acceptors (Lipinski definition) is 4. The van der Waals surface area contributed by atoms with E-state index in [1.807, 2.05) is 0 Å². The zero-order valence-electron chi connectivity index (χ0n) is 11.0. The summed E-state index contributed by atoms with van der Waals surface area (Å²) in [4.78, 5) is 16.0. The van der Waals surface area contributed by atoms with Gasteiger partial charge in [-0.1, -0.05) is 0 Å². The summed E-state index contributed by atoms with van der Waals surface area (Å²) in [6.07, 6.45) is 1.23. The number of methoxy groups -OCH3 is 1. The third kappa shape index (κ3) is 2.29. The van der Waals surface area contributed by atoms with Crippen molar-refractivity contribution in [3.05, 3.63) is 35.9 Å². The van der Waals surface area contributed by atoms with Crippen molar-refractivity contribution in [2.45, 2.75) is 19.4 Å². The molecule has 0 fully saturated rings. The number of carbonyl (C=O) groups excluding carboxylic acids is 1. The van der Waals surface area contributed by atoms with E-state index in [1.165, 1.54) is 19.2 Å². The van der Waals surface area contributed by atoms with Crippen LogP contribution in [0, 0.1) is 11.7 Å². The minimum absolute atomic E-state index is 0.155. The number of halogens is 1. The molecule has 6 heteroatoms. The fourth-order valence-corrected chi connectivity index (χ4v) is 2.39. The van der Waals surface area contributed by atoms with Gasteiger partial charge in [-0.3, -0.25) is 4.79 Å². The fourth-order valence-electron chi connectivity index (χ4n) is 2.39. The van der Waals surface area contributed by atoms with Gasteiger partial charge in [0.25, 0.3) is 0 Å². The Kier molecular flexibility index (Phi) is 3.22. The van der Waals surface area contributed by atoms with Crippen LogP contribution >= 0.6 is 0 Å². The highest BCUT2D eigenvalue weighted by molar-refractivity contribution is 5.72. The standard InChI is InChI=1S/C14H14FN3O2/c1-20-14(19)10-6-7-18-12(8-10)16-13(17-18)9-2-4-11(15)5-3-9/h2-5,10H,6-8H2,1H3. The van der Waals surface area contributed by atoms with Crippen molar-refractivity contribution in [1.82, 2.24) is 14.8 Å². The Bertz CT molecular complexity index is 636. The van der Waals surface area contributed by atoms with Crippen molar-refractivity contribution in [3.63, 3.8) is 0 Å². The molecule has 5 nitrogen and oxygen atoms in total. The number of rotatable bonds is 2. The molecule has 1 unspecified atom stereocenters. The molecule has 1 aromatic heterocycles. The molecule has 104 valence electrons. The monoisotopic (exact) mass is 275 g/mol. The number of fused-ring (bicyclic) bond motifs is 1. The molecule has 1 aromatic carbocycles. The first-order chi connectivity index (χ1) is 9.67. The van der Waals surface area contributed by atoms with Gasteiger partial charge in [-0.05, 0) is 30.7 Å². The summed E-state index contributed by atoms with van der Waals surface area (Å²) in [5.74, 6) is 0.681. The van der Waals surface area contributed by atoms with Crippen molar-refractivity contribution in [3.8, 4) is 11.4 Å². The summed E-state index contributed by atoms with van der Waals surface area (Å²) in [7, 11) is 1.39. The van der Waals surface area contributed by atoms with Gasteiger partial charge in [-0.25, -0.2) is 14.1 Å². The van der Waals surface area contributed by atoms with Gasteiger partial charge in [0.2, 0.25) is 0 Å². The molecule has 0 N–H and O–H groups in total. The van der Waals surface area contributed by atoms with Crippen LogP contribution in [-0.4, -0.2) is 27.8 Å². The summed E-state index contributed by atoms with van der Waals surface area (Å²) in [6, 6.07) is 6.06. The Labute approximate surface area is 115 Å². The maximum atomic E-state index is 12.9. The molecule has 0 bridgehead atoms. The van der Waals surface area contributed by atoms with Gasteiger partial charge >= 0.3 is 5.97 Å². The zero-order chi connectivity index (χ0) is 14.1. The second-order valence-corrected chi connectivity index (χ2v) is 4.79. The number of ether oxygens (including phenoxy) is 1. The Hall–Kier alpha value is -2.24. The van der Waals surface area contributed by atoms with Crippen molar-refractivity contribution in [2.75, 3.05) is 7.11 Å². The molecular weight excluding hydrogens is 261 g/mol. The van der Waals surface area contributed by atoms with Crippen molar-refractivity contribution < 1.29 is 13.9 Å². The number of nitrogens with zero attached hydrogens (tertiary/aromatic N) is 3. The van der Waals surface area contributed by atoms with Crippen LogP contribution in [0.25, 0.3) is 11.4 Å². The van der Waals surface area contributed by atoms with E-state index in [0.717, 1.165) is 11.4 Å². The largest absolute Gasteiger partial charge is 0.469 e. The molecular formula is C14H14FN3O2. The number of aromatic nitrogens is 3. The highest BCUT2D eigenvalue weighted by Gasteiger charge is 2.27. The summed E-state index contributed by atoms with van der Waals surface area (Å²) in [5.41, 5.74) is 0.767. The molecule has 20 heavy (non-hydrogen) atoms. The molecule has 2 heterocycles. The van der Waals surface area contributed by atoms with Gasteiger partial charge < -0.3 is 4.74 Å². The van der Waals surface area contributed by atoms with Crippen molar-refractivity contribution >= 4 is 5.97 Å². The molecule has 1 aliphatic rings. The van der Waals surface area contributed by atoms with Gasteiger partial charge in [0, 0.05) is 18.5 Å². The lowest BCUT2D eigenvalue weighted by Gasteiger charge is -2.19. The molecule has 1 aliphatic heterocycles. The molecule has 0 spiro atoms. The first-order valence-corrected chi connectivity index (χ1v) is 6.45. The summed E-state index contributed by atoms with van der Waals surface area (Å²) < 4.78 is 19.5. The lowest BCUT2D eigenvalue weighted by Crippen LogP contribution is -2.27. The highest BCUT2D eigenvalue weighted by Crippen LogP contribution is 2.23. The van der Waals surface area contributed by atoms with Crippen LogP contribution in [0.15, 0.2) is 24.3 Å². The van der Waals surface area contributed by atoms with Crippen molar-refractivity contribution in [2.24, 2.45) is 5.92 Å². The third-order valence-corrected chi connectivity index (χ3v) is 3.50. The maximum absolute atomic E-state index is 12.9. The van der Waals surface area contributed by atoms with Crippen LogP contribution in [0.5, 0.6) is 0 Å². The van der Waals surface area contributed by atoms with E-state index in [2.05, 4.69) is 10.1 Å². The Morgan fingerprint density at radius 2 is 2.15 bits per heavy atom. The van der Waals surface area contributed by atoms with Crippen molar-refractivity contribution in [1.29, 1.82) is 0 Å². The molecule has 0 saturated carbocycles. The van der Waals surface area contributed by atoms with Gasteiger partial charge in [-0.2, -0.15) is 5.10 Å². The van der Waals surface area contributed by atoms with E-state index < -0.39 is 0 Å². The number of aryl methyl sites for hydroxylation is 1. The predicted molar refractivity (Wildman–Crippen MR) is 69.2 cm³/mol. The zero-order valence-corrected chi connectivity index (χ0v) is 11.0. The van der Waals surface area contributed by atoms with Crippen LogP contribution in [-0.2, 0) is 22.5 Å². The summed E-state index contributed by atoms with van der Waals surface area (Å²) >= 11 is 0. The van der Waals surface area contributed by atoms with Gasteiger partial charge in [-0.15, -0.1) is 0 Å². The molecule has 0 aliphatic carbocycles. The molecule has 0 saturated heterocycles. The van der Waals surface area contributed by atoms with E-state index in [0.29, 0.717) is 25.2 Å². The average Bonchev–Trinajstić information content (AvgIpc) is 2.90. The average molecular weight is 275 g/mol. The second kappa shape index (κ2) is 5.03. The number of carbonyl (C=O) groups is 1. The molecule has 2 aromatic rings. The number of benzene rings is 1. The Morgan fingerprint density at radius 3 is 2.85 bits per heavy atom. The lowest BCUT2D eigenvalue weighted by molar-refractivity contribution is -0.146. The SMILES string of the molecule is COC(=O)C1CCn2nc(-c3ccc(F)cc3)nc2C1. The topological polar surface area (TPSA) is 57.0 Å². The van der Waals surface area contributed by atoms with Crippen LogP contribution in [0.2, 0.25) is 0 Å². The summed E-state index contributed by atoms with van der Waals surface area (Å²) in [5, 5.41) is 4.40. The second-order valence-electron chi connectivity index (χ2n) is 4.79. The Balaban J connectivity index is 1.86. The van der Waals surface area contributed by atoms with E-state index in [-0.39, 0.29) is 17.7 Å². The van der Waals surface area contributed by atoms with Crippen LogP contribution < -0.4 is 0 Å². The maximum Gasteiger partial charge on any atom is 0.309 e. The Morgan fingerprint density at radius 1 is 1.40 bits per heavy atom. The van der Waals surface area contributed by atoms with Gasteiger partial charge in [0.15, 0.2) is 5.82 Å². The van der Waals surface area contributed by atoms with Crippen LogP contribution in [0.1, 0.15) is 12.2 Å². The minimum Gasteiger partial charge on any atom is -0.469 e. The number of hydrogen-bond donors (Lipinski definition) is 0. The fraction of sp³-hybridized carbons (Fsp3) is 0.357. The highest BCUT2D eigenvalue weighted by atomic mass is 19.1. The van der Waals surface area contributed by atoms with E-state index >= 15 is 0 Å². The van der Waals surface area contributed by atoms with Gasteiger partial charge in [0.1, 0.15) is 11.6 Å². The van der Waals surface area contributed by atoms with Crippen LogP contribution in [0.4, 0.5) is 4.39 Å². The normalized spacial score (nSPS) is 17.6. The molecule has 3 rings (SSSR count). The van der Waals surface area contributed by atoms with E-state index in [9.17, 15) is 9.18 Å². The van der Waals surface area contributed by atoms with E-state index in [4.69, 9.17) is 4.74 Å². The quantitative estimate of drug-likeness (QED) is 0.784. The van der Waals surface area contributed by atoms with Gasteiger partial charge in [0.05, 0.1) is 13.0 Å². The summed E-state index contributed by atoms with van der Waals surface area (Å²) in [6.45, 7) is 0.642. The lowest BCUT2D eigenvalue weighted by atomic mass is 9.98. The van der Waals surface area contributed by atoms with Crippen LogP contribution in [0.3, 0.4) is 0 Å². The molecule has 1 atom stereocenters. The van der Waals surface area contributed by atoms with E-state index in [1.54, 1.807) is 16.8 Å². The molecule has 0 amide bonds. The minimum atomic E-state index is -0.288. The first kappa shape index (κ1) is 12.8.